The van der Waals surface area contributed by atoms with E-state index in [2.05, 4.69) is 39.8 Å². The molecule has 1 aliphatic heterocycles. The van der Waals surface area contributed by atoms with Gasteiger partial charge in [-0.2, -0.15) is 4.31 Å². The fraction of sp³-hybridized carbons (Fsp3) is 0.257. The first kappa shape index (κ1) is 33.2. The van der Waals surface area contributed by atoms with E-state index in [0.717, 1.165) is 0 Å². The predicted molar refractivity (Wildman–Crippen MR) is 184 cm³/mol. The number of benzene rings is 4. The van der Waals surface area contributed by atoms with Gasteiger partial charge in [0.1, 0.15) is 12.4 Å². The second-order valence-electron chi connectivity index (χ2n) is 10.7. The van der Waals surface area contributed by atoms with E-state index in [4.69, 9.17) is 21.7 Å². The summed E-state index contributed by atoms with van der Waals surface area (Å²) in [6.45, 7) is 5.33. The Kier molecular flexibility index (Phi) is 11.5. The van der Waals surface area contributed by atoms with E-state index in [1.807, 2.05) is 43.3 Å². The van der Waals surface area contributed by atoms with Crippen molar-refractivity contribution in [1.29, 1.82) is 0 Å². The smallest absolute Gasteiger partial charge is 0.257 e. The molecule has 1 saturated heterocycles. The lowest BCUT2D eigenvalue weighted by Gasteiger charge is -2.39. The Morgan fingerprint density at radius 1 is 0.826 bits per heavy atom. The third-order valence-corrected chi connectivity index (χ3v) is 9.76. The lowest BCUT2D eigenvalue weighted by Crippen LogP contribution is -2.49. The van der Waals surface area contributed by atoms with E-state index < -0.39 is 15.9 Å². The zero-order chi connectivity index (χ0) is 32.4. The van der Waals surface area contributed by atoms with Crippen LogP contribution in [-0.4, -0.2) is 74.6 Å². The van der Waals surface area contributed by atoms with Crippen molar-refractivity contribution in [1.82, 2.24) is 14.5 Å². The summed E-state index contributed by atoms with van der Waals surface area (Å²) in [7, 11) is -3.70. The lowest BCUT2D eigenvalue weighted by atomic mass is 9.96. The second-order valence-corrected chi connectivity index (χ2v) is 13.0. The summed E-state index contributed by atoms with van der Waals surface area (Å²) in [6, 6.07) is 33.8. The largest absolute Gasteiger partial charge is 0.491 e. The molecular formula is C35H38N4O5S2. The molecule has 46 heavy (non-hydrogen) atoms. The van der Waals surface area contributed by atoms with Crippen LogP contribution in [0.15, 0.2) is 114 Å². The predicted octanol–water partition coefficient (Wildman–Crippen LogP) is 5.32. The highest BCUT2D eigenvalue weighted by molar-refractivity contribution is 7.89. The van der Waals surface area contributed by atoms with Crippen LogP contribution in [-0.2, 0) is 14.8 Å². The number of anilines is 1. The maximum Gasteiger partial charge on any atom is 0.257 e. The van der Waals surface area contributed by atoms with Crippen LogP contribution in [0, 0.1) is 0 Å². The topological polar surface area (TPSA) is 100 Å². The number of hydrogen-bond donors (Lipinski definition) is 2. The maximum atomic E-state index is 13.6. The standard InChI is InChI=1S/C35H38N4O5S2/c1-2-43-24-25-44-31-15-9-14-29(26-31)34(40)37-35(45)36-30-16-18-32(19-17-30)46(41,42)39-22-20-38(21-23-39)33(27-10-5-3-6-11-27)28-12-7-4-8-13-28/h3-19,26,33H,2,20-25H2,1H3,(H2,36,37,40,45). The van der Waals surface area contributed by atoms with Gasteiger partial charge in [-0.15, -0.1) is 0 Å². The third kappa shape index (κ3) is 8.56. The fourth-order valence-electron chi connectivity index (χ4n) is 5.37. The molecule has 0 saturated carbocycles. The Labute approximate surface area is 276 Å². The van der Waals surface area contributed by atoms with Crippen LogP contribution >= 0.6 is 12.2 Å². The summed E-state index contributed by atoms with van der Waals surface area (Å²) in [4.78, 5) is 15.3. The monoisotopic (exact) mass is 658 g/mol. The quantitative estimate of drug-likeness (QED) is 0.156. The number of ether oxygens (including phenoxy) is 2. The molecule has 9 nitrogen and oxygen atoms in total. The first-order chi connectivity index (χ1) is 22.3. The molecular weight excluding hydrogens is 621 g/mol. The van der Waals surface area contributed by atoms with E-state index >= 15 is 0 Å². The van der Waals surface area contributed by atoms with Crippen LogP contribution in [0.1, 0.15) is 34.5 Å². The molecule has 1 aliphatic rings. The molecule has 1 fully saturated rings. The minimum Gasteiger partial charge on any atom is -0.491 e. The Hall–Kier alpha value is -4.13. The normalized spacial score (nSPS) is 14.1. The Morgan fingerprint density at radius 3 is 2.07 bits per heavy atom. The van der Waals surface area contributed by atoms with Gasteiger partial charge in [0.25, 0.3) is 5.91 Å². The highest BCUT2D eigenvalue weighted by Crippen LogP contribution is 2.30. The lowest BCUT2D eigenvalue weighted by molar-refractivity contribution is 0.0976. The highest BCUT2D eigenvalue weighted by Gasteiger charge is 2.32. The van der Waals surface area contributed by atoms with Crippen LogP contribution in [0.4, 0.5) is 5.69 Å². The van der Waals surface area contributed by atoms with Crippen LogP contribution in [0.5, 0.6) is 5.75 Å². The number of amides is 1. The molecule has 0 radical (unpaired) electrons. The number of hydrogen-bond acceptors (Lipinski definition) is 7. The number of carbonyl (C=O) groups excluding carboxylic acids is 1. The summed E-state index contributed by atoms with van der Waals surface area (Å²) >= 11 is 5.33. The summed E-state index contributed by atoms with van der Waals surface area (Å²) in [6.07, 6.45) is 0. The second kappa shape index (κ2) is 15.9. The van der Waals surface area contributed by atoms with Gasteiger partial charge in [0.05, 0.1) is 17.5 Å². The van der Waals surface area contributed by atoms with Crippen molar-refractivity contribution in [3.63, 3.8) is 0 Å². The van der Waals surface area contributed by atoms with Crippen molar-refractivity contribution in [3.05, 3.63) is 126 Å². The molecule has 240 valence electrons. The number of sulfonamides is 1. The Bertz CT molecular complexity index is 1660. The summed E-state index contributed by atoms with van der Waals surface area (Å²) in [5.74, 6) is 0.157. The number of carbonyl (C=O) groups is 1. The fourth-order valence-corrected chi connectivity index (χ4v) is 7.01. The summed E-state index contributed by atoms with van der Waals surface area (Å²) in [5, 5.41) is 5.69. The van der Waals surface area contributed by atoms with Gasteiger partial charge in [-0.1, -0.05) is 66.7 Å². The SMILES string of the molecule is CCOCCOc1cccc(C(=O)NC(=S)Nc2ccc(S(=O)(=O)N3CCN(C(c4ccccc4)c4ccccc4)CC3)cc2)c1. The molecule has 5 rings (SSSR count). The van der Waals surface area contributed by atoms with E-state index in [0.29, 0.717) is 63.0 Å². The van der Waals surface area contributed by atoms with Gasteiger partial charge >= 0.3 is 0 Å². The van der Waals surface area contributed by atoms with Gasteiger partial charge in [-0.3, -0.25) is 15.0 Å². The highest BCUT2D eigenvalue weighted by atomic mass is 32.2. The molecule has 2 N–H and O–H groups in total. The van der Waals surface area contributed by atoms with E-state index in [9.17, 15) is 13.2 Å². The number of thiocarbonyl (C=S) groups is 1. The Morgan fingerprint density at radius 2 is 1.46 bits per heavy atom. The molecule has 11 heteroatoms. The molecule has 1 amide bonds. The number of piperazine rings is 1. The van der Waals surface area contributed by atoms with Crippen molar-refractivity contribution in [3.8, 4) is 5.75 Å². The Balaban J connectivity index is 1.16. The van der Waals surface area contributed by atoms with Crippen LogP contribution in [0.3, 0.4) is 0 Å². The zero-order valence-corrected chi connectivity index (χ0v) is 27.3. The van der Waals surface area contributed by atoms with Crippen molar-refractivity contribution in [2.45, 2.75) is 17.9 Å². The molecule has 1 heterocycles. The van der Waals surface area contributed by atoms with E-state index in [1.165, 1.54) is 11.1 Å². The van der Waals surface area contributed by atoms with Gasteiger partial charge in [0.2, 0.25) is 10.0 Å². The molecule has 0 aliphatic carbocycles. The average Bonchev–Trinajstić information content (AvgIpc) is 3.08. The minimum absolute atomic E-state index is 0.0462. The molecule has 0 aromatic heterocycles. The minimum atomic E-state index is -3.70. The van der Waals surface area contributed by atoms with Gasteiger partial charge in [0, 0.05) is 44.0 Å². The van der Waals surface area contributed by atoms with Crippen LogP contribution in [0.25, 0.3) is 0 Å². The molecule has 0 atom stereocenters. The summed E-state index contributed by atoms with van der Waals surface area (Å²) in [5.41, 5.74) is 3.30. The molecule has 0 unspecified atom stereocenters. The first-order valence-electron chi connectivity index (χ1n) is 15.2. The van der Waals surface area contributed by atoms with Gasteiger partial charge in [-0.25, -0.2) is 8.42 Å². The number of rotatable bonds is 12. The molecule has 0 bridgehead atoms. The maximum absolute atomic E-state index is 13.6. The van der Waals surface area contributed by atoms with E-state index in [-0.39, 0.29) is 16.0 Å². The van der Waals surface area contributed by atoms with Crippen molar-refractivity contribution in [2.75, 3.05) is 51.3 Å². The van der Waals surface area contributed by atoms with Crippen LogP contribution in [0.2, 0.25) is 0 Å². The molecule has 4 aromatic rings. The van der Waals surface area contributed by atoms with Gasteiger partial charge < -0.3 is 14.8 Å². The van der Waals surface area contributed by atoms with Gasteiger partial charge in [0.15, 0.2) is 5.11 Å². The van der Waals surface area contributed by atoms with Crippen molar-refractivity contribution >= 4 is 38.9 Å². The van der Waals surface area contributed by atoms with Gasteiger partial charge in [-0.05, 0) is 72.7 Å². The zero-order valence-electron chi connectivity index (χ0n) is 25.7. The van der Waals surface area contributed by atoms with Crippen molar-refractivity contribution in [2.24, 2.45) is 0 Å². The number of nitrogens with zero attached hydrogens (tertiary/aromatic N) is 2. The average molecular weight is 659 g/mol. The van der Waals surface area contributed by atoms with Crippen molar-refractivity contribution < 1.29 is 22.7 Å². The van der Waals surface area contributed by atoms with E-state index in [1.54, 1.807) is 52.8 Å². The molecule has 4 aromatic carbocycles. The summed E-state index contributed by atoms with van der Waals surface area (Å²) < 4.78 is 39.5. The number of nitrogens with one attached hydrogen (secondary N) is 2. The van der Waals surface area contributed by atoms with Crippen LogP contribution < -0.4 is 15.4 Å². The first-order valence-corrected chi connectivity index (χ1v) is 17.1. The molecule has 0 spiro atoms. The third-order valence-electron chi connectivity index (χ3n) is 7.64.